The van der Waals surface area contributed by atoms with Crippen LogP contribution in [0.2, 0.25) is 0 Å². The van der Waals surface area contributed by atoms with Crippen LogP contribution in [-0.4, -0.2) is 47.8 Å². The van der Waals surface area contributed by atoms with E-state index in [4.69, 9.17) is 5.26 Å². The molecular formula is C31H31F2N5O3. The number of carbonyl (C=O) groups is 3. The highest BCUT2D eigenvalue weighted by molar-refractivity contribution is 5.94. The minimum Gasteiger partial charge on any atom is -0.351 e. The van der Waals surface area contributed by atoms with Gasteiger partial charge in [0.25, 0.3) is 5.92 Å². The third kappa shape index (κ3) is 7.94. The number of benzene rings is 2. The number of nitrogens with one attached hydrogen (secondary N) is 1. The lowest BCUT2D eigenvalue weighted by Crippen LogP contribution is -2.56. The van der Waals surface area contributed by atoms with Gasteiger partial charge in [0, 0.05) is 43.7 Å². The van der Waals surface area contributed by atoms with Crippen LogP contribution >= 0.6 is 0 Å². The van der Waals surface area contributed by atoms with E-state index in [1.807, 2.05) is 42.5 Å². The van der Waals surface area contributed by atoms with Gasteiger partial charge in [-0.15, -0.1) is 0 Å². The van der Waals surface area contributed by atoms with Gasteiger partial charge in [-0.05, 0) is 49.1 Å². The standard InChI is InChI=1S/C21H22F2N2O2.C10H9N3O/c22-21(23)13-17(14-21)24-20(27)19(12-11-16-7-3-1-4-8-16)25(15-26)18-9-5-2-6-10-18;11-7-8-3-4-12-9(6-8)13-5-1-2-10(13)14/h1-10,15,17,19H,11-14H2,(H,24,27);3-4,6H,1-2,5H2. The summed E-state index contributed by atoms with van der Waals surface area (Å²) in [6.07, 6.45) is 3.92. The van der Waals surface area contributed by atoms with Gasteiger partial charge >= 0.3 is 0 Å². The zero-order chi connectivity index (χ0) is 29.2. The molecule has 8 nitrogen and oxygen atoms in total. The van der Waals surface area contributed by atoms with Gasteiger partial charge in [0.15, 0.2) is 0 Å². The fourth-order valence-corrected chi connectivity index (χ4v) is 4.85. The molecule has 1 aliphatic carbocycles. The number of rotatable bonds is 9. The van der Waals surface area contributed by atoms with Crippen LogP contribution in [0.3, 0.4) is 0 Å². The van der Waals surface area contributed by atoms with Crippen molar-refractivity contribution in [3.8, 4) is 6.07 Å². The third-order valence-corrected chi connectivity index (χ3v) is 7.02. The molecule has 1 N–H and O–H groups in total. The van der Waals surface area contributed by atoms with Crippen LogP contribution in [-0.2, 0) is 20.8 Å². The molecule has 0 spiro atoms. The molecule has 1 unspecified atom stereocenters. The SMILES string of the molecule is N#Cc1ccnc(N2CCCC2=O)c1.O=CN(c1ccccc1)C(CCc1ccccc1)C(=O)NC1CC(F)(F)C1. The topological polar surface area (TPSA) is 106 Å². The predicted octanol–water partition coefficient (Wildman–Crippen LogP) is 4.64. The summed E-state index contributed by atoms with van der Waals surface area (Å²) in [5.74, 6) is -2.43. The molecular weight excluding hydrogens is 528 g/mol. The molecule has 1 saturated carbocycles. The molecule has 3 aromatic rings. The highest BCUT2D eigenvalue weighted by atomic mass is 19.3. The number of hydrogen-bond donors (Lipinski definition) is 1. The lowest BCUT2D eigenvalue weighted by Gasteiger charge is -2.37. The number of pyridine rings is 1. The zero-order valence-corrected chi connectivity index (χ0v) is 22.5. The molecule has 2 aromatic carbocycles. The Kier molecular flexibility index (Phi) is 9.74. The summed E-state index contributed by atoms with van der Waals surface area (Å²) in [5.41, 5.74) is 2.18. The van der Waals surface area contributed by atoms with Crippen molar-refractivity contribution in [3.05, 3.63) is 90.1 Å². The first-order chi connectivity index (χ1) is 19.8. The fraction of sp³-hybridized carbons (Fsp3) is 0.323. The molecule has 3 amide bonds. The van der Waals surface area contributed by atoms with E-state index in [0.717, 1.165) is 12.0 Å². The molecule has 10 heteroatoms. The van der Waals surface area contributed by atoms with Crippen LogP contribution in [0.15, 0.2) is 79.0 Å². The molecule has 2 heterocycles. The second-order valence-electron chi connectivity index (χ2n) is 10.0. The number of alkyl halides is 2. The van der Waals surface area contributed by atoms with E-state index < -0.39 is 23.9 Å². The van der Waals surface area contributed by atoms with E-state index >= 15 is 0 Å². The first kappa shape index (κ1) is 29.3. The molecule has 0 radical (unpaired) electrons. The lowest BCUT2D eigenvalue weighted by molar-refractivity contribution is -0.131. The van der Waals surface area contributed by atoms with Crippen LogP contribution in [0.1, 0.15) is 43.2 Å². The minimum atomic E-state index is -2.71. The van der Waals surface area contributed by atoms with E-state index in [-0.39, 0.29) is 18.7 Å². The Morgan fingerprint density at radius 1 is 1.15 bits per heavy atom. The van der Waals surface area contributed by atoms with Crippen LogP contribution in [0.25, 0.3) is 0 Å². The minimum absolute atomic E-state index is 0.0904. The average molecular weight is 560 g/mol. The van der Waals surface area contributed by atoms with Crippen molar-refractivity contribution in [2.24, 2.45) is 0 Å². The molecule has 1 aromatic heterocycles. The van der Waals surface area contributed by atoms with Crippen LogP contribution in [0.4, 0.5) is 20.3 Å². The monoisotopic (exact) mass is 559 g/mol. The van der Waals surface area contributed by atoms with Crippen molar-refractivity contribution in [2.75, 3.05) is 16.3 Å². The van der Waals surface area contributed by atoms with Crippen LogP contribution < -0.4 is 15.1 Å². The molecule has 41 heavy (non-hydrogen) atoms. The maximum atomic E-state index is 13.1. The van der Waals surface area contributed by atoms with E-state index in [2.05, 4.69) is 10.3 Å². The normalized spacial score (nSPS) is 16.4. The number of amides is 3. The predicted molar refractivity (Wildman–Crippen MR) is 150 cm³/mol. The smallest absolute Gasteiger partial charge is 0.252 e. The van der Waals surface area contributed by atoms with Gasteiger partial charge in [0.1, 0.15) is 11.9 Å². The summed E-state index contributed by atoms with van der Waals surface area (Å²) in [4.78, 5) is 43.0. The van der Waals surface area contributed by atoms with Gasteiger partial charge in [0.2, 0.25) is 18.2 Å². The van der Waals surface area contributed by atoms with Crippen LogP contribution in [0, 0.1) is 11.3 Å². The lowest BCUT2D eigenvalue weighted by atomic mass is 9.88. The summed E-state index contributed by atoms with van der Waals surface area (Å²) in [6, 6.07) is 22.5. The number of halogens is 2. The molecule has 2 aliphatic rings. The van der Waals surface area contributed by atoms with E-state index in [9.17, 15) is 23.2 Å². The van der Waals surface area contributed by atoms with Gasteiger partial charge < -0.3 is 10.2 Å². The number of carbonyl (C=O) groups excluding carboxylic acids is 3. The number of aryl methyl sites for hydroxylation is 1. The molecule has 212 valence electrons. The maximum Gasteiger partial charge on any atom is 0.252 e. The van der Waals surface area contributed by atoms with E-state index in [1.54, 1.807) is 47.5 Å². The average Bonchev–Trinajstić information content (AvgIpc) is 3.41. The summed E-state index contributed by atoms with van der Waals surface area (Å²) >= 11 is 0. The Hall–Kier alpha value is -4.65. The Bertz CT molecular complexity index is 1370. The molecule has 0 bridgehead atoms. The molecule has 1 saturated heterocycles. The van der Waals surface area contributed by atoms with Crippen molar-refractivity contribution < 1.29 is 23.2 Å². The van der Waals surface area contributed by atoms with Crippen molar-refractivity contribution in [1.29, 1.82) is 5.26 Å². The molecule has 1 aliphatic heterocycles. The second kappa shape index (κ2) is 13.6. The largest absolute Gasteiger partial charge is 0.351 e. The number of anilines is 2. The molecule has 1 atom stereocenters. The first-order valence-corrected chi connectivity index (χ1v) is 13.5. The number of nitrogens with zero attached hydrogens (tertiary/aromatic N) is 4. The number of nitriles is 1. The number of aromatic nitrogens is 1. The van der Waals surface area contributed by atoms with Gasteiger partial charge in [-0.1, -0.05) is 48.5 Å². The molecule has 2 fully saturated rings. The van der Waals surface area contributed by atoms with Gasteiger partial charge in [-0.25, -0.2) is 13.8 Å². The summed E-state index contributed by atoms with van der Waals surface area (Å²) < 4.78 is 26.2. The summed E-state index contributed by atoms with van der Waals surface area (Å²) in [5, 5.41) is 11.4. The third-order valence-electron chi connectivity index (χ3n) is 7.02. The Labute approximate surface area is 237 Å². The van der Waals surface area contributed by atoms with Gasteiger partial charge in [0.05, 0.1) is 11.6 Å². The number of para-hydroxylation sites is 1. The van der Waals surface area contributed by atoms with E-state index in [1.165, 1.54) is 4.90 Å². The quantitative estimate of drug-likeness (QED) is 0.385. The maximum absolute atomic E-state index is 13.1. The van der Waals surface area contributed by atoms with Crippen molar-refractivity contribution >= 4 is 29.7 Å². The van der Waals surface area contributed by atoms with Crippen LogP contribution in [0.5, 0.6) is 0 Å². The van der Waals surface area contributed by atoms with E-state index in [0.29, 0.717) is 49.3 Å². The van der Waals surface area contributed by atoms with Crippen molar-refractivity contribution in [1.82, 2.24) is 10.3 Å². The highest BCUT2D eigenvalue weighted by Crippen LogP contribution is 2.37. The Morgan fingerprint density at radius 3 is 2.41 bits per heavy atom. The summed E-state index contributed by atoms with van der Waals surface area (Å²) in [6.45, 7) is 0.709. The zero-order valence-electron chi connectivity index (χ0n) is 22.5. The van der Waals surface area contributed by atoms with Crippen molar-refractivity contribution in [3.63, 3.8) is 0 Å². The molecule has 5 rings (SSSR count). The van der Waals surface area contributed by atoms with Gasteiger partial charge in [-0.3, -0.25) is 19.3 Å². The first-order valence-electron chi connectivity index (χ1n) is 13.5. The Balaban J connectivity index is 0.000000231. The van der Waals surface area contributed by atoms with Crippen molar-refractivity contribution in [2.45, 2.75) is 56.5 Å². The summed E-state index contributed by atoms with van der Waals surface area (Å²) in [7, 11) is 0. The highest BCUT2D eigenvalue weighted by Gasteiger charge is 2.46. The number of hydrogen-bond acceptors (Lipinski definition) is 5. The fourth-order valence-electron chi connectivity index (χ4n) is 4.85. The van der Waals surface area contributed by atoms with Gasteiger partial charge in [-0.2, -0.15) is 5.26 Å². The Morgan fingerprint density at radius 2 is 1.83 bits per heavy atom. The second-order valence-corrected chi connectivity index (χ2v) is 10.0.